The zero-order valence-electron chi connectivity index (χ0n) is 16.8. The minimum atomic E-state index is -0.516. The molecule has 0 aromatic carbocycles. The molecule has 0 N–H and O–H groups in total. The molecule has 1 heterocycles. The topological polar surface area (TPSA) is 52.3 Å². The molecule has 23 heavy (non-hydrogen) atoms. The maximum absolute atomic E-state index is 5.94. The summed E-state index contributed by atoms with van der Waals surface area (Å²) < 4.78 is 1.89. The second-order valence-electron chi connectivity index (χ2n) is 9.37. The van der Waals surface area contributed by atoms with Gasteiger partial charge in [-0.1, -0.05) is 45.0 Å². The minimum absolute atomic E-state index is 0.00437. The van der Waals surface area contributed by atoms with Crippen molar-refractivity contribution in [2.75, 3.05) is 0 Å². The summed E-state index contributed by atoms with van der Waals surface area (Å²) in [6, 6.07) is 0. The zero-order valence-corrected chi connectivity index (χ0v) is 16.8. The molecule has 0 bridgehead atoms. The Kier molecular flexibility index (Phi) is 5.05. The first-order chi connectivity index (χ1) is 10.1. The number of oxime groups is 1. The lowest BCUT2D eigenvalue weighted by Gasteiger charge is -2.38. The second kappa shape index (κ2) is 5.91. The Morgan fingerprint density at radius 2 is 1.52 bits per heavy atom. The minimum Gasteiger partial charge on any atom is -0.389 e. The van der Waals surface area contributed by atoms with Gasteiger partial charge in [-0.3, -0.25) is 0 Å². The van der Waals surface area contributed by atoms with Crippen molar-refractivity contribution in [3.05, 3.63) is 11.9 Å². The fraction of sp³-hybridized carbons (Fsp3) is 0.833. The summed E-state index contributed by atoms with van der Waals surface area (Å²) in [5.74, 6) is 0. The molecule has 132 valence electrons. The van der Waals surface area contributed by atoms with Crippen LogP contribution in [0.25, 0.3) is 0 Å². The van der Waals surface area contributed by atoms with Gasteiger partial charge in [-0.2, -0.15) is 0 Å². The molecule has 0 aliphatic rings. The molecule has 0 amide bonds. The van der Waals surface area contributed by atoms with Crippen molar-refractivity contribution in [1.82, 2.24) is 15.0 Å². The zero-order chi connectivity index (χ0) is 18.3. The van der Waals surface area contributed by atoms with Crippen LogP contribution in [0.15, 0.2) is 11.4 Å². The van der Waals surface area contributed by atoms with Crippen LogP contribution < -0.4 is 0 Å². The lowest BCUT2D eigenvalue weighted by Crippen LogP contribution is -2.44. The number of aromatic nitrogens is 3. The van der Waals surface area contributed by atoms with E-state index in [-0.39, 0.29) is 16.4 Å². The second-order valence-corrected chi connectivity index (χ2v) is 9.37. The van der Waals surface area contributed by atoms with E-state index in [1.165, 1.54) is 0 Å². The van der Waals surface area contributed by atoms with Crippen molar-refractivity contribution < 1.29 is 4.84 Å². The van der Waals surface area contributed by atoms with E-state index in [1.807, 2.05) is 31.6 Å². The van der Waals surface area contributed by atoms with Crippen LogP contribution in [0.2, 0.25) is 0 Å². The highest BCUT2D eigenvalue weighted by Gasteiger charge is 2.44. The third-order valence-corrected chi connectivity index (χ3v) is 4.82. The standard InChI is InChI=1S/C18H34N4O/c1-13(15(2,3)4)20-23-18(10,11)17(8,9)14-12-22(21-19-14)16(5,6)7/h12H,1-11H3. The Balaban J connectivity index is 3.08. The van der Waals surface area contributed by atoms with Crippen molar-refractivity contribution >= 4 is 5.71 Å². The third kappa shape index (κ3) is 4.33. The van der Waals surface area contributed by atoms with Gasteiger partial charge in [0.2, 0.25) is 0 Å². The molecule has 0 saturated heterocycles. The Morgan fingerprint density at radius 1 is 1.00 bits per heavy atom. The number of hydrogen-bond acceptors (Lipinski definition) is 4. The van der Waals surface area contributed by atoms with Crippen LogP contribution in [-0.2, 0) is 15.8 Å². The molecule has 0 radical (unpaired) electrons. The molecule has 0 saturated carbocycles. The quantitative estimate of drug-likeness (QED) is 0.604. The van der Waals surface area contributed by atoms with Crippen molar-refractivity contribution in [3.63, 3.8) is 0 Å². The van der Waals surface area contributed by atoms with Crippen LogP contribution in [0.5, 0.6) is 0 Å². The summed E-state index contributed by atoms with van der Waals surface area (Å²) in [5, 5.41) is 13.0. The average molecular weight is 322 g/mol. The summed E-state index contributed by atoms with van der Waals surface area (Å²) in [7, 11) is 0. The highest BCUT2D eigenvalue weighted by Crippen LogP contribution is 2.37. The van der Waals surface area contributed by atoms with E-state index in [0.717, 1.165) is 11.4 Å². The van der Waals surface area contributed by atoms with Crippen molar-refractivity contribution in [2.45, 2.75) is 92.7 Å². The van der Waals surface area contributed by atoms with E-state index in [1.54, 1.807) is 0 Å². The Hall–Kier alpha value is -1.39. The Labute approximate surface area is 141 Å². The van der Waals surface area contributed by atoms with Gasteiger partial charge in [0.1, 0.15) is 5.60 Å². The van der Waals surface area contributed by atoms with Gasteiger partial charge >= 0.3 is 0 Å². The van der Waals surface area contributed by atoms with E-state index < -0.39 is 5.60 Å². The van der Waals surface area contributed by atoms with Gasteiger partial charge in [0, 0.05) is 11.6 Å². The van der Waals surface area contributed by atoms with Crippen molar-refractivity contribution in [3.8, 4) is 0 Å². The number of hydrogen-bond donors (Lipinski definition) is 0. The highest BCUT2D eigenvalue weighted by atomic mass is 16.6. The van der Waals surface area contributed by atoms with E-state index in [4.69, 9.17) is 4.84 Å². The van der Waals surface area contributed by atoms with Gasteiger partial charge in [-0.05, 0) is 41.5 Å². The van der Waals surface area contributed by atoms with Gasteiger partial charge < -0.3 is 4.84 Å². The first kappa shape index (κ1) is 19.7. The van der Waals surface area contributed by atoms with E-state index >= 15 is 0 Å². The van der Waals surface area contributed by atoms with Crippen LogP contribution in [0.4, 0.5) is 0 Å². The van der Waals surface area contributed by atoms with Crippen LogP contribution >= 0.6 is 0 Å². The van der Waals surface area contributed by atoms with Crippen LogP contribution in [-0.4, -0.2) is 26.3 Å². The number of rotatable bonds is 4. The third-order valence-electron chi connectivity index (χ3n) is 4.82. The molecule has 0 unspecified atom stereocenters. The van der Waals surface area contributed by atoms with Gasteiger partial charge in [0.05, 0.1) is 22.4 Å². The summed E-state index contributed by atoms with van der Waals surface area (Å²) >= 11 is 0. The first-order valence-corrected chi connectivity index (χ1v) is 8.25. The van der Waals surface area contributed by atoms with Gasteiger partial charge in [0.25, 0.3) is 0 Å². The molecule has 0 fully saturated rings. The van der Waals surface area contributed by atoms with Crippen molar-refractivity contribution in [2.24, 2.45) is 10.6 Å². The SMILES string of the molecule is CC(=NOC(C)(C)C(C)(C)c1cn(C(C)(C)C)nn1)C(C)(C)C. The molecule has 0 aliphatic carbocycles. The first-order valence-electron chi connectivity index (χ1n) is 8.25. The predicted octanol–water partition coefficient (Wildman–Crippen LogP) is 4.53. The van der Waals surface area contributed by atoms with Gasteiger partial charge in [-0.15, -0.1) is 5.10 Å². The lowest BCUT2D eigenvalue weighted by molar-refractivity contribution is -0.0663. The molecule has 1 rings (SSSR count). The maximum Gasteiger partial charge on any atom is 0.142 e. The normalized spacial score (nSPS) is 15.0. The Bertz CT molecular complexity index is 569. The van der Waals surface area contributed by atoms with E-state index in [2.05, 4.69) is 70.9 Å². The molecule has 0 atom stereocenters. The summed E-state index contributed by atoms with van der Waals surface area (Å²) in [6.45, 7) is 23.0. The fourth-order valence-corrected chi connectivity index (χ4v) is 1.62. The van der Waals surface area contributed by atoms with Crippen LogP contribution in [0.1, 0.15) is 81.9 Å². The summed E-state index contributed by atoms with van der Waals surface area (Å²) in [4.78, 5) is 5.94. The smallest absolute Gasteiger partial charge is 0.142 e. The molecule has 0 aliphatic heterocycles. The number of nitrogens with zero attached hydrogens (tertiary/aromatic N) is 4. The predicted molar refractivity (Wildman–Crippen MR) is 95.8 cm³/mol. The molecule has 5 nitrogen and oxygen atoms in total. The highest BCUT2D eigenvalue weighted by molar-refractivity contribution is 5.86. The molecule has 0 spiro atoms. The van der Waals surface area contributed by atoms with E-state index in [9.17, 15) is 0 Å². The lowest BCUT2D eigenvalue weighted by atomic mass is 9.75. The average Bonchev–Trinajstić information content (AvgIpc) is 2.84. The van der Waals surface area contributed by atoms with Crippen molar-refractivity contribution in [1.29, 1.82) is 0 Å². The molecular weight excluding hydrogens is 288 g/mol. The van der Waals surface area contributed by atoms with Crippen LogP contribution in [0.3, 0.4) is 0 Å². The van der Waals surface area contributed by atoms with Gasteiger partial charge in [-0.25, -0.2) is 4.68 Å². The summed E-state index contributed by atoms with van der Waals surface area (Å²) in [6.07, 6.45) is 2.01. The largest absolute Gasteiger partial charge is 0.389 e. The monoisotopic (exact) mass is 322 g/mol. The van der Waals surface area contributed by atoms with E-state index in [0.29, 0.717) is 0 Å². The maximum atomic E-state index is 5.94. The molecule has 5 heteroatoms. The fourth-order valence-electron chi connectivity index (χ4n) is 1.62. The summed E-state index contributed by atoms with van der Waals surface area (Å²) in [5.41, 5.74) is 0.931. The molecule has 1 aromatic rings. The molecule has 1 aromatic heterocycles. The van der Waals surface area contributed by atoms with Crippen LogP contribution in [0, 0.1) is 5.41 Å². The molecular formula is C18H34N4O. The van der Waals surface area contributed by atoms with Gasteiger partial charge in [0.15, 0.2) is 0 Å². The Morgan fingerprint density at radius 3 is 1.91 bits per heavy atom.